The fourth-order valence-corrected chi connectivity index (χ4v) is 1.70. The maximum Gasteiger partial charge on any atom is 0.328 e. The van der Waals surface area contributed by atoms with E-state index in [-0.39, 0.29) is 5.56 Å². The van der Waals surface area contributed by atoms with E-state index in [1.165, 1.54) is 24.3 Å². The van der Waals surface area contributed by atoms with Crippen molar-refractivity contribution in [3.63, 3.8) is 0 Å². The molecule has 0 heterocycles. The van der Waals surface area contributed by atoms with Crippen molar-refractivity contribution in [1.29, 1.82) is 0 Å². The predicted molar refractivity (Wildman–Crippen MR) is 68.5 cm³/mol. The molecule has 0 fully saturated rings. The van der Waals surface area contributed by atoms with Gasteiger partial charge in [0.1, 0.15) is 11.6 Å². The second-order valence-electron chi connectivity index (χ2n) is 3.89. The molecule has 19 heavy (non-hydrogen) atoms. The lowest BCUT2D eigenvalue weighted by Crippen LogP contribution is -1.90. The minimum absolute atomic E-state index is 0.100. The van der Waals surface area contributed by atoms with Crippen molar-refractivity contribution in [3.8, 4) is 11.1 Å². The van der Waals surface area contributed by atoms with Crippen LogP contribution in [-0.4, -0.2) is 11.1 Å². The molecule has 0 aromatic heterocycles. The normalized spacial score (nSPS) is 10.8. The van der Waals surface area contributed by atoms with E-state index in [4.69, 9.17) is 5.11 Å². The maximum atomic E-state index is 13.6. The molecule has 0 bridgehead atoms. The minimum atomic E-state index is -1.17. The van der Waals surface area contributed by atoms with Crippen molar-refractivity contribution in [2.24, 2.45) is 0 Å². The number of hydrogen-bond acceptors (Lipinski definition) is 1. The number of aliphatic carboxylic acids is 1. The van der Waals surface area contributed by atoms with Crippen molar-refractivity contribution in [3.05, 3.63) is 65.7 Å². The molecule has 2 rings (SSSR count). The van der Waals surface area contributed by atoms with Crippen molar-refractivity contribution in [1.82, 2.24) is 0 Å². The molecule has 0 radical (unpaired) electrons. The number of halogens is 2. The lowest BCUT2D eigenvalue weighted by molar-refractivity contribution is -0.131. The number of hydrogen-bond donors (Lipinski definition) is 1. The van der Waals surface area contributed by atoms with Gasteiger partial charge in [-0.2, -0.15) is 0 Å². The Morgan fingerprint density at radius 2 is 1.79 bits per heavy atom. The number of carbonyl (C=O) groups is 1. The van der Waals surface area contributed by atoms with Gasteiger partial charge >= 0.3 is 5.97 Å². The SMILES string of the molecule is O=C(O)C=Cc1cc(-c2ccccc2F)ccc1F. The average Bonchev–Trinajstić information content (AvgIpc) is 2.38. The Morgan fingerprint density at radius 3 is 2.47 bits per heavy atom. The van der Waals surface area contributed by atoms with Gasteiger partial charge in [-0.15, -0.1) is 0 Å². The fourth-order valence-electron chi connectivity index (χ4n) is 1.70. The molecular weight excluding hydrogens is 250 g/mol. The van der Waals surface area contributed by atoms with Crippen LogP contribution in [0.15, 0.2) is 48.5 Å². The molecule has 2 aromatic rings. The van der Waals surface area contributed by atoms with Crippen LogP contribution in [0.2, 0.25) is 0 Å². The summed E-state index contributed by atoms with van der Waals surface area (Å²) in [5.74, 6) is -2.14. The van der Waals surface area contributed by atoms with Crippen LogP contribution in [-0.2, 0) is 4.79 Å². The van der Waals surface area contributed by atoms with E-state index in [2.05, 4.69) is 0 Å². The molecule has 0 spiro atoms. The second-order valence-corrected chi connectivity index (χ2v) is 3.89. The number of benzene rings is 2. The van der Waals surface area contributed by atoms with Crippen LogP contribution >= 0.6 is 0 Å². The quantitative estimate of drug-likeness (QED) is 0.854. The molecule has 0 amide bonds. The molecular formula is C15H10F2O2. The van der Waals surface area contributed by atoms with Crippen LogP contribution < -0.4 is 0 Å². The zero-order valence-electron chi connectivity index (χ0n) is 9.81. The van der Waals surface area contributed by atoms with E-state index in [1.54, 1.807) is 18.2 Å². The third-order valence-corrected chi connectivity index (χ3v) is 2.59. The van der Waals surface area contributed by atoms with Crippen LogP contribution in [0.5, 0.6) is 0 Å². The standard InChI is InChI=1S/C15H10F2O2/c16-13-7-5-10(9-11(13)6-8-15(18)19)12-3-1-2-4-14(12)17/h1-9H,(H,18,19). The molecule has 0 aliphatic carbocycles. The monoisotopic (exact) mass is 260 g/mol. The van der Waals surface area contributed by atoms with E-state index >= 15 is 0 Å². The van der Waals surface area contributed by atoms with E-state index in [0.29, 0.717) is 11.1 Å². The van der Waals surface area contributed by atoms with Crippen molar-refractivity contribution < 1.29 is 18.7 Å². The molecule has 0 aliphatic heterocycles. The van der Waals surface area contributed by atoms with Crippen molar-refractivity contribution in [2.45, 2.75) is 0 Å². The summed E-state index contributed by atoms with van der Waals surface area (Å²) in [5.41, 5.74) is 0.931. The predicted octanol–water partition coefficient (Wildman–Crippen LogP) is 3.73. The fraction of sp³-hybridized carbons (Fsp3) is 0. The van der Waals surface area contributed by atoms with Gasteiger partial charge < -0.3 is 5.11 Å². The summed E-state index contributed by atoms with van der Waals surface area (Å²) < 4.78 is 27.1. The maximum absolute atomic E-state index is 13.6. The van der Waals surface area contributed by atoms with Crippen LogP contribution in [0, 0.1) is 11.6 Å². The Labute approximate surface area is 108 Å². The lowest BCUT2D eigenvalue weighted by Gasteiger charge is -2.05. The topological polar surface area (TPSA) is 37.3 Å². The summed E-state index contributed by atoms with van der Waals surface area (Å²) >= 11 is 0. The Hall–Kier alpha value is -2.49. The van der Waals surface area contributed by atoms with Crippen LogP contribution in [0.3, 0.4) is 0 Å². The Morgan fingerprint density at radius 1 is 1.05 bits per heavy atom. The third-order valence-electron chi connectivity index (χ3n) is 2.59. The summed E-state index contributed by atoms with van der Waals surface area (Å²) in [4.78, 5) is 10.4. The van der Waals surface area contributed by atoms with E-state index in [0.717, 1.165) is 12.2 Å². The first-order chi connectivity index (χ1) is 9.08. The molecule has 0 aliphatic rings. The van der Waals surface area contributed by atoms with Gasteiger partial charge in [0.05, 0.1) is 0 Å². The summed E-state index contributed by atoms with van der Waals surface area (Å²) in [6, 6.07) is 10.2. The molecule has 96 valence electrons. The van der Waals surface area contributed by atoms with Crippen LogP contribution in [0.1, 0.15) is 5.56 Å². The molecule has 2 nitrogen and oxygen atoms in total. The summed E-state index contributed by atoms with van der Waals surface area (Å²) in [5, 5.41) is 8.53. The van der Waals surface area contributed by atoms with Gasteiger partial charge in [0, 0.05) is 17.2 Å². The van der Waals surface area contributed by atoms with Gasteiger partial charge in [0.25, 0.3) is 0 Å². The van der Waals surface area contributed by atoms with Crippen molar-refractivity contribution >= 4 is 12.0 Å². The lowest BCUT2D eigenvalue weighted by atomic mass is 10.0. The average molecular weight is 260 g/mol. The van der Waals surface area contributed by atoms with Gasteiger partial charge in [-0.05, 0) is 29.8 Å². The largest absolute Gasteiger partial charge is 0.478 e. The highest BCUT2D eigenvalue weighted by atomic mass is 19.1. The highest BCUT2D eigenvalue weighted by Gasteiger charge is 2.07. The van der Waals surface area contributed by atoms with E-state index in [9.17, 15) is 13.6 Å². The summed E-state index contributed by atoms with van der Waals surface area (Å²) in [6.45, 7) is 0. The summed E-state index contributed by atoms with van der Waals surface area (Å²) in [6.07, 6.45) is 1.98. The number of carboxylic acids is 1. The van der Waals surface area contributed by atoms with E-state index in [1.807, 2.05) is 0 Å². The van der Waals surface area contributed by atoms with Gasteiger partial charge in [-0.1, -0.05) is 24.3 Å². The highest BCUT2D eigenvalue weighted by molar-refractivity contribution is 5.85. The summed E-state index contributed by atoms with van der Waals surface area (Å²) in [7, 11) is 0. The zero-order chi connectivity index (χ0) is 13.8. The molecule has 0 saturated carbocycles. The Kier molecular flexibility index (Phi) is 3.71. The molecule has 0 atom stereocenters. The van der Waals surface area contributed by atoms with Crippen LogP contribution in [0.25, 0.3) is 17.2 Å². The smallest absolute Gasteiger partial charge is 0.328 e. The van der Waals surface area contributed by atoms with Gasteiger partial charge in [0.15, 0.2) is 0 Å². The van der Waals surface area contributed by atoms with Crippen LogP contribution in [0.4, 0.5) is 8.78 Å². The Bertz CT molecular complexity index is 648. The molecule has 0 unspecified atom stereocenters. The Balaban J connectivity index is 2.47. The van der Waals surface area contributed by atoms with Gasteiger partial charge in [-0.3, -0.25) is 0 Å². The first kappa shape index (κ1) is 13.0. The highest BCUT2D eigenvalue weighted by Crippen LogP contribution is 2.25. The minimum Gasteiger partial charge on any atom is -0.478 e. The second kappa shape index (κ2) is 5.44. The first-order valence-corrected chi connectivity index (χ1v) is 5.53. The van der Waals surface area contributed by atoms with Crippen molar-refractivity contribution in [2.75, 3.05) is 0 Å². The molecule has 0 saturated heterocycles. The van der Waals surface area contributed by atoms with E-state index < -0.39 is 17.6 Å². The molecule has 2 aromatic carbocycles. The number of rotatable bonds is 3. The zero-order valence-corrected chi connectivity index (χ0v) is 9.81. The first-order valence-electron chi connectivity index (χ1n) is 5.53. The van der Waals surface area contributed by atoms with Gasteiger partial charge in [-0.25, -0.2) is 13.6 Å². The van der Waals surface area contributed by atoms with Gasteiger partial charge in [0.2, 0.25) is 0 Å². The molecule has 4 heteroatoms. The third kappa shape index (κ3) is 3.04. The molecule has 1 N–H and O–H groups in total. The number of carboxylic acid groups (broad SMARTS) is 1.